The molecule has 0 amide bonds. The topological polar surface area (TPSA) is 69.6 Å². The highest BCUT2D eigenvalue weighted by molar-refractivity contribution is 5.71. The van der Waals surface area contributed by atoms with Crippen molar-refractivity contribution in [3.63, 3.8) is 0 Å². The Morgan fingerprint density at radius 2 is 2.06 bits per heavy atom. The molecule has 2 N–H and O–H groups in total. The van der Waals surface area contributed by atoms with Gasteiger partial charge in [-0.05, 0) is 34.0 Å². The highest BCUT2D eigenvalue weighted by atomic mass is 19.1. The van der Waals surface area contributed by atoms with Crippen LogP contribution in [-0.4, -0.2) is 20.2 Å². The fourth-order valence-electron chi connectivity index (χ4n) is 1.69. The third-order valence-corrected chi connectivity index (χ3v) is 2.41. The molecule has 5 nitrogen and oxygen atoms in total. The second kappa shape index (κ2) is 4.36. The van der Waals surface area contributed by atoms with Crippen molar-refractivity contribution < 1.29 is 4.39 Å². The predicted molar refractivity (Wildman–Crippen MR) is 67.1 cm³/mol. The van der Waals surface area contributed by atoms with E-state index in [1.54, 1.807) is 10.7 Å². The van der Waals surface area contributed by atoms with Crippen LogP contribution in [0.5, 0.6) is 0 Å². The normalized spacial score (nSPS) is 11.8. The summed E-state index contributed by atoms with van der Waals surface area (Å²) in [5.41, 5.74) is 6.81. The molecule has 0 aliphatic heterocycles. The van der Waals surface area contributed by atoms with Crippen LogP contribution in [0.2, 0.25) is 0 Å². The lowest BCUT2D eigenvalue weighted by atomic mass is 9.97. The SMILES string of the molecule is CC(C)(C)Cn1nnnc1-c1ccc(F)cc1N. The average molecular weight is 249 g/mol. The Morgan fingerprint density at radius 3 is 2.67 bits per heavy atom. The molecule has 96 valence electrons. The molecule has 2 aromatic rings. The van der Waals surface area contributed by atoms with Crippen LogP contribution in [0.3, 0.4) is 0 Å². The van der Waals surface area contributed by atoms with E-state index >= 15 is 0 Å². The van der Waals surface area contributed by atoms with Crippen molar-refractivity contribution in [1.29, 1.82) is 0 Å². The van der Waals surface area contributed by atoms with E-state index in [0.717, 1.165) is 0 Å². The minimum Gasteiger partial charge on any atom is -0.398 e. The number of benzene rings is 1. The zero-order valence-corrected chi connectivity index (χ0v) is 10.7. The molecule has 0 saturated heterocycles. The second-order valence-corrected chi connectivity index (χ2v) is 5.45. The Hall–Kier alpha value is -1.98. The summed E-state index contributed by atoms with van der Waals surface area (Å²) in [6.45, 7) is 6.93. The molecule has 0 atom stereocenters. The average Bonchev–Trinajstić information content (AvgIpc) is 2.63. The predicted octanol–water partition coefficient (Wildman–Crippen LogP) is 2.11. The summed E-state index contributed by atoms with van der Waals surface area (Å²) in [5.74, 6) is 0.188. The molecule has 0 aliphatic carbocycles. The van der Waals surface area contributed by atoms with Crippen molar-refractivity contribution in [2.45, 2.75) is 27.3 Å². The molecule has 0 spiro atoms. The van der Waals surface area contributed by atoms with E-state index in [2.05, 4.69) is 36.3 Å². The molecule has 0 unspecified atom stereocenters. The smallest absolute Gasteiger partial charge is 0.184 e. The fraction of sp³-hybridized carbons (Fsp3) is 0.417. The Kier molecular flexibility index (Phi) is 3.02. The van der Waals surface area contributed by atoms with E-state index in [1.807, 2.05) is 0 Å². The zero-order chi connectivity index (χ0) is 13.3. The van der Waals surface area contributed by atoms with Gasteiger partial charge < -0.3 is 5.73 Å². The highest BCUT2D eigenvalue weighted by Gasteiger charge is 2.18. The van der Waals surface area contributed by atoms with Gasteiger partial charge in [0.15, 0.2) is 5.82 Å². The molecular weight excluding hydrogens is 233 g/mol. The van der Waals surface area contributed by atoms with Gasteiger partial charge in [0.1, 0.15) is 5.82 Å². The van der Waals surface area contributed by atoms with Crippen LogP contribution in [0.4, 0.5) is 10.1 Å². The van der Waals surface area contributed by atoms with Gasteiger partial charge in [-0.2, -0.15) is 0 Å². The summed E-state index contributed by atoms with van der Waals surface area (Å²) in [7, 11) is 0. The molecule has 6 heteroatoms. The standard InChI is InChI=1S/C12H16FN5/c1-12(2,3)7-18-11(15-16-17-18)9-5-4-8(13)6-10(9)14/h4-6H,7,14H2,1-3H3. The van der Waals surface area contributed by atoms with Crippen molar-refractivity contribution >= 4 is 5.69 Å². The van der Waals surface area contributed by atoms with E-state index in [4.69, 9.17) is 5.73 Å². The summed E-state index contributed by atoms with van der Waals surface area (Å²) in [5, 5.41) is 11.6. The minimum atomic E-state index is -0.369. The molecule has 2 rings (SSSR count). The summed E-state index contributed by atoms with van der Waals surface area (Å²) in [6, 6.07) is 4.21. The first-order valence-corrected chi connectivity index (χ1v) is 5.68. The van der Waals surface area contributed by atoms with Gasteiger partial charge in [0, 0.05) is 17.8 Å². The molecule has 0 bridgehead atoms. The maximum Gasteiger partial charge on any atom is 0.184 e. The van der Waals surface area contributed by atoms with E-state index in [9.17, 15) is 4.39 Å². The Morgan fingerprint density at radius 1 is 1.33 bits per heavy atom. The van der Waals surface area contributed by atoms with Gasteiger partial charge in [-0.3, -0.25) is 0 Å². The lowest BCUT2D eigenvalue weighted by Crippen LogP contribution is -2.17. The van der Waals surface area contributed by atoms with Gasteiger partial charge in [0.05, 0.1) is 0 Å². The van der Waals surface area contributed by atoms with Crippen molar-refractivity contribution in [2.24, 2.45) is 5.41 Å². The van der Waals surface area contributed by atoms with Gasteiger partial charge in [-0.15, -0.1) is 5.10 Å². The quantitative estimate of drug-likeness (QED) is 0.827. The monoisotopic (exact) mass is 249 g/mol. The first kappa shape index (κ1) is 12.5. The third kappa shape index (κ3) is 2.64. The number of nitrogens with two attached hydrogens (primary N) is 1. The first-order chi connectivity index (χ1) is 8.37. The van der Waals surface area contributed by atoms with Gasteiger partial charge in [0.25, 0.3) is 0 Å². The van der Waals surface area contributed by atoms with Crippen LogP contribution in [0.1, 0.15) is 20.8 Å². The molecule has 18 heavy (non-hydrogen) atoms. The van der Waals surface area contributed by atoms with E-state index in [0.29, 0.717) is 23.6 Å². The number of hydrogen-bond donors (Lipinski definition) is 1. The highest BCUT2D eigenvalue weighted by Crippen LogP contribution is 2.26. The Balaban J connectivity index is 2.42. The molecule has 0 aliphatic rings. The van der Waals surface area contributed by atoms with Gasteiger partial charge >= 0.3 is 0 Å². The minimum absolute atomic E-state index is 0.0406. The third-order valence-electron chi connectivity index (χ3n) is 2.41. The lowest BCUT2D eigenvalue weighted by molar-refractivity contribution is 0.323. The van der Waals surface area contributed by atoms with Gasteiger partial charge in [0.2, 0.25) is 0 Å². The number of aromatic nitrogens is 4. The number of halogens is 1. The summed E-state index contributed by atoms with van der Waals surface area (Å²) < 4.78 is 14.7. The fourth-order valence-corrected chi connectivity index (χ4v) is 1.69. The summed E-state index contributed by atoms with van der Waals surface area (Å²) >= 11 is 0. The number of nitrogen functional groups attached to an aromatic ring is 1. The van der Waals surface area contributed by atoms with E-state index in [1.165, 1.54) is 12.1 Å². The number of hydrogen-bond acceptors (Lipinski definition) is 4. The van der Waals surface area contributed by atoms with Gasteiger partial charge in [-0.25, -0.2) is 9.07 Å². The van der Waals surface area contributed by atoms with Crippen LogP contribution in [-0.2, 0) is 6.54 Å². The van der Waals surface area contributed by atoms with Gasteiger partial charge in [-0.1, -0.05) is 20.8 Å². The maximum atomic E-state index is 13.0. The van der Waals surface area contributed by atoms with Crippen molar-refractivity contribution in [3.05, 3.63) is 24.0 Å². The molecule has 1 aromatic heterocycles. The summed E-state index contributed by atoms with van der Waals surface area (Å²) in [4.78, 5) is 0. The van der Waals surface area contributed by atoms with Crippen LogP contribution in [0, 0.1) is 11.2 Å². The molecule has 1 heterocycles. The Bertz CT molecular complexity index is 556. The van der Waals surface area contributed by atoms with E-state index < -0.39 is 0 Å². The second-order valence-electron chi connectivity index (χ2n) is 5.45. The zero-order valence-electron chi connectivity index (χ0n) is 10.7. The van der Waals surface area contributed by atoms with Crippen LogP contribution < -0.4 is 5.73 Å². The van der Waals surface area contributed by atoms with Crippen LogP contribution in [0.25, 0.3) is 11.4 Å². The van der Waals surface area contributed by atoms with Crippen LogP contribution in [0.15, 0.2) is 18.2 Å². The molecule has 0 radical (unpaired) electrons. The first-order valence-electron chi connectivity index (χ1n) is 5.68. The summed E-state index contributed by atoms with van der Waals surface area (Å²) in [6.07, 6.45) is 0. The maximum absolute atomic E-state index is 13.0. The van der Waals surface area contributed by atoms with Crippen molar-refractivity contribution in [3.8, 4) is 11.4 Å². The van der Waals surface area contributed by atoms with Crippen LogP contribution >= 0.6 is 0 Å². The largest absolute Gasteiger partial charge is 0.398 e. The molecule has 1 aromatic carbocycles. The number of anilines is 1. The number of tetrazole rings is 1. The van der Waals surface area contributed by atoms with Crippen molar-refractivity contribution in [2.75, 3.05) is 5.73 Å². The number of nitrogens with zero attached hydrogens (tertiary/aromatic N) is 4. The lowest BCUT2D eigenvalue weighted by Gasteiger charge is -2.18. The molecule has 0 saturated carbocycles. The molecule has 0 fully saturated rings. The van der Waals surface area contributed by atoms with E-state index in [-0.39, 0.29) is 11.2 Å². The number of rotatable bonds is 2. The Labute approximate surface area is 105 Å². The molecular formula is C12H16FN5. The van der Waals surface area contributed by atoms with Crippen molar-refractivity contribution in [1.82, 2.24) is 20.2 Å².